The molecule has 2 saturated heterocycles. The molecule has 2 atom stereocenters. The van der Waals surface area contributed by atoms with Crippen LogP contribution in [0.25, 0.3) is 0 Å². The zero-order valence-corrected chi connectivity index (χ0v) is 15.0. The molecule has 26 heavy (non-hydrogen) atoms. The predicted molar refractivity (Wildman–Crippen MR) is 91.9 cm³/mol. The molecule has 2 fully saturated rings. The van der Waals surface area contributed by atoms with Crippen molar-refractivity contribution in [3.8, 4) is 11.9 Å². The van der Waals surface area contributed by atoms with Crippen LogP contribution >= 0.6 is 0 Å². The first-order valence-corrected chi connectivity index (χ1v) is 8.21. The van der Waals surface area contributed by atoms with Gasteiger partial charge in [-0.2, -0.15) is 5.26 Å². The number of carboxylic acids is 1. The molecule has 9 heteroatoms. The van der Waals surface area contributed by atoms with E-state index in [4.69, 9.17) is 4.74 Å². The summed E-state index contributed by atoms with van der Waals surface area (Å²) in [5.41, 5.74) is -0.147. The summed E-state index contributed by atoms with van der Waals surface area (Å²) in [6, 6.07) is 3.60. The summed E-state index contributed by atoms with van der Waals surface area (Å²) < 4.78 is 5.14. The number of rotatable bonds is 3. The van der Waals surface area contributed by atoms with Crippen LogP contribution in [0.1, 0.15) is 5.56 Å². The first-order valence-electron chi connectivity index (χ1n) is 8.21. The molecule has 2 aliphatic heterocycles. The Morgan fingerprint density at radius 1 is 1.42 bits per heavy atom. The zero-order valence-electron chi connectivity index (χ0n) is 15.0. The van der Waals surface area contributed by atoms with E-state index in [1.54, 1.807) is 31.3 Å². The third-order valence-electron chi connectivity index (χ3n) is 5.23. The van der Waals surface area contributed by atoms with Gasteiger partial charge in [-0.1, -0.05) is 0 Å². The molecule has 0 spiro atoms. The highest BCUT2D eigenvalue weighted by Gasteiger charge is 2.59. The molecule has 2 amide bonds. The Labute approximate surface area is 151 Å². The summed E-state index contributed by atoms with van der Waals surface area (Å²) in [7, 11) is 4.74. The largest absolute Gasteiger partial charge is 0.481 e. The molecule has 0 saturated carbocycles. The third kappa shape index (κ3) is 2.58. The second kappa shape index (κ2) is 6.37. The van der Waals surface area contributed by atoms with Crippen molar-refractivity contribution < 1.29 is 19.4 Å². The van der Waals surface area contributed by atoms with Gasteiger partial charge in [0.2, 0.25) is 5.88 Å². The molecule has 0 unspecified atom stereocenters. The van der Waals surface area contributed by atoms with Crippen molar-refractivity contribution in [2.75, 3.05) is 52.3 Å². The average molecular weight is 359 g/mol. The van der Waals surface area contributed by atoms with Gasteiger partial charge in [-0.25, -0.2) is 9.78 Å². The van der Waals surface area contributed by atoms with Crippen molar-refractivity contribution in [1.29, 1.82) is 5.26 Å². The fourth-order valence-corrected chi connectivity index (χ4v) is 3.94. The van der Waals surface area contributed by atoms with Gasteiger partial charge >= 0.3 is 12.0 Å². The quantitative estimate of drug-likeness (QED) is 0.835. The van der Waals surface area contributed by atoms with Crippen LogP contribution in [-0.2, 0) is 4.79 Å². The van der Waals surface area contributed by atoms with E-state index in [0.29, 0.717) is 18.8 Å². The molecule has 3 rings (SSSR count). The Balaban J connectivity index is 1.92. The van der Waals surface area contributed by atoms with E-state index < -0.39 is 11.4 Å². The summed E-state index contributed by atoms with van der Waals surface area (Å²) in [5, 5.41) is 19.4. The van der Waals surface area contributed by atoms with Gasteiger partial charge in [-0.05, 0) is 6.07 Å². The number of ether oxygens (including phenoxy) is 1. The maximum atomic E-state index is 12.3. The summed E-state index contributed by atoms with van der Waals surface area (Å²) in [4.78, 5) is 33.3. The molecule has 0 radical (unpaired) electrons. The first kappa shape index (κ1) is 17.8. The average Bonchev–Trinajstić information content (AvgIpc) is 3.15. The lowest BCUT2D eigenvalue weighted by atomic mass is 9.81. The number of anilines is 1. The number of aromatic nitrogens is 1. The number of pyridine rings is 1. The fourth-order valence-electron chi connectivity index (χ4n) is 3.94. The maximum absolute atomic E-state index is 12.3. The van der Waals surface area contributed by atoms with Crippen LogP contribution in [0.5, 0.6) is 5.88 Å². The number of carbonyl (C=O) groups is 2. The number of hydrogen-bond acceptors (Lipinski definition) is 6. The Morgan fingerprint density at radius 3 is 2.69 bits per heavy atom. The van der Waals surface area contributed by atoms with Gasteiger partial charge in [0.25, 0.3) is 0 Å². The van der Waals surface area contributed by atoms with Crippen molar-refractivity contribution in [3.63, 3.8) is 0 Å². The first-order chi connectivity index (χ1) is 12.3. The second-order valence-electron chi connectivity index (χ2n) is 6.92. The number of carbonyl (C=O) groups excluding carboxylic acids is 1. The molecule has 0 aliphatic carbocycles. The van der Waals surface area contributed by atoms with Crippen LogP contribution in [0.4, 0.5) is 10.5 Å². The SMILES string of the molecule is COc1nccc(N2C[C@H]3CN(C(=O)N(C)C)C[C@@]3(C(=O)O)C2)c1C#N. The van der Waals surface area contributed by atoms with Crippen LogP contribution in [-0.4, -0.2) is 79.3 Å². The van der Waals surface area contributed by atoms with Gasteiger partial charge in [0.15, 0.2) is 0 Å². The molecular weight excluding hydrogens is 338 g/mol. The van der Waals surface area contributed by atoms with Crippen molar-refractivity contribution in [1.82, 2.24) is 14.8 Å². The van der Waals surface area contributed by atoms with E-state index in [-0.39, 0.29) is 36.5 Å². The van der Waals surface area contributed by atoms with Crippen LogP contribution in [0, 0.1) is 22.7 Å². The lowest BCUT2D eigenvalue weighted by Gasteiger charge is -2.28. The van der Waals surface area contributed by atoms with E-state index in [9.17, 15) is 20.0 Å². The lowest BCUT2D eigenvalue weighted by Crippen LogP contribution is -2.44. The van der Waals surface area contributed by atoms with Gasteiger partial charge in [-0.3, -0.25) is 4.79 Å². The summed E-state index contributed by atoms with van der Waals surface area (Å²) in [6.45, 7) is 1.21. The van der Waals surface area contributed by atoms with E-state index in [1.165, 1.54) is 12.0 Å². The number of amides is 2. The molecule has 138 valence electrons. The van der Waals surface area contributed by atoms with Crippen molar-refractivity contribution >= 4 is 17.7 Å². The minimum Gasteiger partial charge on any atom is -0.481 e. The fraction of sp³-hybridized carbons (Fsp3) is 0.529. The Bertz CT molecular complexity index is 790. The highest BCUT2D eigenvalue weighted by molar-refractivity contribution is 5.82. The molecule has 0 aromatic carbocycles. The lowest BCUT2D eigenvalue weighted by molar-refractivity contribution is -0.148. The van der Waals surface area contributed by atoms with Crippen LogP contribution in [0.2, 0.25) is 0 Å². The van der Waals surface area contributed by atoms with Crippen LogP contribution < -0.4 is 9.64 Å². The molecule has 0 bridgehead atoms. The molecular formula is C17H21N5O4. The van der Waals surface area contributed by atoms with Crippen molar-refractivity contribution in [2.45, 2.75) is 0 Å². The van der Waals surface area contributed by atoms with Crippen LogP contribution in [0.15, 0.2) is 12.3 Å². The minimum atomic E-state index is -1.05. The Hall–Kier alpha value is -3.02. The Morgan fingerprint density at radius 2 is 2.15 bits per heavy atom. The molecule has 1 N–H and O–H groups in total. The molecule has 3 heterocycles. The Kier molecular flexibility index (Phi) is 4.36. The number of nitrogens with zero attached hydrogens (tertiary/aromatic N) is 5. The third-order valence-corrected chi connectivity index (χ3v) is 5.23. The molecule has 9 nitrogen and oxygen atoms in total. The van der Waals surface area contributed by atoms with Gasteiger partial charge in [0.05, 0.1) is 12.8 Å². The predicted octanol–water partition coefficient (Wildman–Crippen LogP) is 0.466. The topological polar surface area (TPSA) is 110 Å². The normalized spacial score (nSPS) is 24.2. The highest BCUT2D eigenvalue weighted by Crippen LogP contribution is 2.45. The van der Waals surface area contributed by atoms with Crippen LogP contribution in [0.3, 0.4) is 0 Å². The number of methoxy groups -OCH3 is 1. The highest BCUT2D eigenvalue weighted by atomic mass is 16.5. The van der Waals surface area contributed by atoms with Crippen molar-refractivity contribution in [2.24, 2.45) is 11.3 Å². The number of fused-ring (bicyclic) bond motifs is 1. The van der Waals surface area contributed by atoms with E-state index in [2.05, 4.69) is 11.1 Å². The van der Waals surface area contributed by atoms with Gasteiger partial charge < -0.3 is 24.5 Å². The number of carboxylic acid groups (broad SMARTS) is 1. The molecule has 2 aliphatic rings. The van der Waals surface area contributed by atoms with E-state index >= 15 is 0 Å². The zero-order chi connectivity index (χ0) is 19.1. The number of hydrogen-bond donors (Lipinski definition) is 1. The number of likely N-dealkylation sites (tertiary alicyclic amines) is 1. The summed E-state index contributed by atoms with van der Waals surface area (Å²) in [6.07, 6.45) is 1.54. The number of nitriles is 1. The smallest absolute Gasteiger partial charge is 0.319 e. The summed E-state index contributed by atoms with van der Waals surface area (Å²) in [5.74, 6) is -0.913. The summed E-state index contributed by atoms with van der Waals surface area (Å²) >= 11 is 0. The van der Waals surface area contributed by atoms with Crippen molar-refractivity contribution in [3.05, 3.63) is 17.8 Å². The van der Waals surface area contributed by atoms with E-state index in [1.807, 2.05) is 4.90 Å². The van der Waals surface area contributed by atoms with Gasteiger partial charge in [0, 0.05) is 52.4 Å². The molecule has 1 aromatic rings. The van der Waals surface area contributed by atoms with Gasteiger partial charge in [0.1, 0.15) is 17.0 Å². The monoisotopic (exact) mass is 359 g/mol. The molecule has 1 aromatic heterocycles. The number of aliphatic carboxylic acids is 1. The standard InChI is InChI=1S/C17H21N5O4/c1-20(2)16(25)22-8-11-7-21(9-17(11,10-22)15(23)24)13-4-5-19-14(26-3)12(13)6-18/h4-5,11H,7-10H2,1-3H3,(H,23,24)/t11-,17-/m0/s1. The minimum absolute atomic E-state index is 0.157. The second-order valence-corrected chi connectivity index (χ2v) is 6.92. The number of urea groups is 1. The van der Waals surface area contributed by atoms with E-state index in [0.717, 1.165) is 0 Å². The maximum Gasteiger partial charge on any atom is 0.319 e. The van der Waals surface area contributed by atoms with Gasteiger partial charge in [-0.15, -0.1) is 0 Å².